The second-order valence-corrected chi connectivity index (χ2v) is 5.98. The van der Waals surface area contributed by atoms with E-state index < -0.39 is 17.3 Å². The molecular formula is C13H23NO4. The normalized spacial score (nSPS) is 18.0. The summed E-state index contributed by atoms with van der Waals surface area (Å²) in [7, 11) is 0. The number of aliphatic hydroxyl groups excluding tert-OH is 1. The summed E-state index contributed by atoms with van der Waals surface area (Å²) in [4.78, 5) is 25.3. The monoisotopic (exact) mass is 257 g/mol. The van der Waals surface area contributed by atoms with Crippen LogP contribution in [0.4, 0.5) is 0 Å². The van der Waals surface area contributed by atoms with E-state index in [0.717, 1.165) is 19.3 Å². The average Bonchev–Trinajstić information content (AvgIpc) is 2.10. The minimum Gasteiger partial charge on any atom is -0.481 e. The van der Waals surface area contributed by atoms with Crippen molar-refractivity contribution in [1.82, 2.24) is 4.90 Å². The molecule has 104 valence electrons. The third-order valence-electron chi connectivity index (χ3n) is 3.50. The molecule has 0 saturated heterocycles. The molecule has 0 heterocycles. The van der Waals surface area contributed by atoms with Crippen molar-refractivity contribution in [1.29, 1.82) is 0 Å². The van der Waals surface area contributed by atoms with E-state index in [1.807, 2.05) is 0 Å². The van der Waals surface area contributed by atoms with Crippen LogP contribution in [0.25, 0.3) is 0 Å². The number of carboxylic acid groups (broad SMARTS) is 1. The second kappa shape index (κ2) is 5.69. The number of rotatable bonds is 5. The highest BCUT2D eigenvalue weighted by molar-refractivity contribution is 5.98. The zero-order valence-corrected chi connectivity index (χ0v) is 11.3. The molecule has 1 saturated carbocycles. The summed E-state index contributed by atoms with van der Waals surface area (Å²) < 4.78 is 0. The van der Waals surface area contributed by atoms with Gasteiger partial charge in [0.05, 0.1) is 6.61 Å². The number of nitrogens with zero attached hydrogens (tertiary/aromatic N) is 1. The third-order valence-corrected chi connectivity index (χ3v) is 3.50. The predicted octanol–water partition coefficient (Wildman–Crippen LogP) is 1.11. The Morgan fingerprint density at radius 3 is 2.17 bits per heavy atom. The minimum absolute atomic E-state index is 0.105. The lowest BCUT2D eigenvalue weighted by Crippen LogP contribution is -2.52. The van der Waals surface area contributed by atoms with E-state index in [1.54, 1.807) is 25.7 Å². The highest BCUT2D eigenvalue weighted by atomic mass is 16.4. The summed E-state index contributed by atoms with van der Waals surface area (Å²) in [6.45, 7) is 5.35. The van der Waals surface area contributed by atoms with E-state index >= 15 is 0 Å². The van der Waals surface area contributed by atoms with E-state index in [4.69, 9.17) is 5.11 Å². The standard InChI is InChI=1S/C13H23NO4/c1-13(2,3)10(12(17)18)11(16)14(7-8-15)9-5-4-6-9/h9-10,15H,4-8H2,1-3H3,(H,17,18). The Kier molecular flexibility index (Phi) is 4.73. The molecule has 0 aromatic rings. The molecule has 0 aromatic carbocycles. The Bertz CT molecular complexity index is 317. The predicted molar refractivity (Wildman–Crippen MR) is 67.0 cm³/mol. The van der Waals surface area contributed by atoms with Crippen LogP contribution in [0.1, 0.15) is 40.0 Å². The smallest absolute Gasteiger partial charge is 0.316 e. The Hall–Kier alpha value is -1.10. The average molecular weight is 257 g/mol. The fourth-order valence-electron chi connectivity index (χ4n) is 2.29. The number of hydrogen-bond acceptors (Lipinski definition) is 3. The minimum atomic E-state index is -1.09. The first-order valence-electron chi connectivity index (χ1n) is 6.43. The summed E-state index contributed by atoms with van der Waals surface area (Å²) in [5, 5.41) is 18.3. The number of hydrogen-bond donors (Lipinski definition) is 2. The molecule has 1 aliphatic rings. The van der Waals surface area contributed by atoms with Gasteiger partial charge in [-0.05, 0) is 24.7 Å². The molecule has 0 aromatic heterocycles. The number of carbonyl (C=O) groups is 2. The van der Waals surface area contributed by atoms with Crippen LogP contribution < -0.4 is 0 Å². The van der Waals surface area contributed by atoms with Gasteiger partial charge in [0.25, 0.3) is 0 Å². The topological polar surface area (TPSA) is 77.8 Å². The van der Waals surface area contributed by atoms with Gasteiger partial charge in [0.15, 0.2) is 0 Å². The van der Waals surface area contributed by atoms with E-state index in [9.17, 15) is 14.7 Å². The van der Waals surface area contributed by atoms with Crippen molar-refractivity contribution < 1.29 is 19.8 Å². The lowest BCUT2D eigenvalue weighted by atomic mass is 9.79. The van der Waals surface area contributed by atoms with Gasteiger partial charge in [-0.3, -0.25) is 9.59 Å². The van der Waals surface area contributed by atoms with E-state index in [-0.39, 0.29) is 25.1 Å². The van der Waals surface area contributed by atoms with Crippen LogP contribution in [0, 0.1) is 11.3 Å². The molecule has 1 atom stereocenters. The van der Waals surface area contributed by atoms with Gasteiger partial charge in [-0.25, -0.2) is 0 Å². The highest BCUT2D eigenvalue weighted by Crippen LogP contribution is 2.32. The molecular weight excluding hydrogens is 234 g/mol. The first-order chi connectivity index (χ1) is 8.29. The number of carbonyl (C=O) groups excluding carboxylic acids is 1. The molecule has 1 aliphatic carbocycles. The fourth-order valence-corrected chi connectivity index (χ4v) is 2.29. The molecule has 0 aliphatic heterocycles. The highest BCUT2D eigenvalue weighted by Gasteiger charge is 2.42. The molecule has 0 bridgehead atoms. The van der Waals surface area contributed by atoms with Crippen LogP contribution in [-0.2, 0) is 9.59 Å². The van der Waals surface area contributed by atoms with Crippen molar-refractivity contribution in [2.45, 2.75) is 46.1 Å². The van der Waals surface area contributed by atoms with Crippen molar-refractivity contribution in [3.05, 3.63) is 0 Å². The summed E-state index contributed by atoms with van der Waals surface area (Å²) >= 11 is 0. The maximum absolute atomic E-state index is 12.4. The van der Waals surface area contributed by atoms with Crippen LogP contribution in [0.2, 0.25) is 0 Å². The van der Waals surface area contributed by atoms with Gasteiger partial charge in [-0.2, -0.15) is 0 Å². The number of amides is 1. The second-order valence-electron chi connectivity index (χ2n) is 5.98. The molecule has 0 spiro atoms. The summed E-state index contributed by atoms with van der Waals surface area (Å²) in [6.07, 6.45) is 2.87. The summed E-state index contributed by atoms with van der Waals surface area (Å²) in [5.74, 6) is -2.51. The van der Waals surface area contributed by atoms with E-state index in [1.165, 1.54) is 0 Å². The number of aliphatic hydroxyl groups is 1. The first kappa shape index (κ1) is 15.0. The van der Waals surface area contributed by atoms with E-state index in [2.05, 4.69) is 0 Å². The molecule has 1 amide bonds. The van der Waals surface area contributed by atoms with Gasteiger partial charge >= 0.3 is 5.97 Å². The molecule has 5 nitrogen and oxygen atoms in total. The van der Waals surface area contributed by atoms with Crippen LogP contribution in [0.3, 0.4) is 0 Å². The Labute approximate surface area is 108 Å². The Morgan fingerprint density at radius 1 is 1.33 bits per heavy atom. The zero-order valence-electron chi connectivity index (χ0n) is 11.3. The molecule has 0 radical (unpaired) electrons. The Morgan fingerprint density at radius 2 is 1.89 bits per heavy atom. The lowest BCUT2D eigenvalue weighted by Gasteiger charge is -2.40. The van der Waals surface area contributed by atoms with Crippen LogP contribution >= 0.6 is 0 Å². The van der Waals surface area contributed by atoms with E-state index in [0.29, 0.717) is 0 Å². The molecule has 2 N–H and O–H groups in total. The summed E-state index contributed by atoms with van der Waals surface area (Å²) in [5.41, 5.74) is -0.625. The SMILES string of the molecule is CC(C)(C)C(C(=O)O)C(=O)N(CCO)C1CCC1. The third kappa shape index (κ3) is 3.22. The van der Waals surface area contributed by atoms with Gasteiger partial charge < -0.3 is 15.1 Å². The van der Waals surface area contributed by atoms with Crippen molar-refractivity contribution >= 4 is 11.9 Å². The van der Waals surface area contributed by atoms with Crippen molar-refractivity contribution in [3.8, 4) is 0 Å². The van der Waals surface area contributed by atoms with Crippen LogP contribution in [-0.4, -0.2) is 46.2 Å². The molecule has 1 unspecified atom stereocenters. The molecule has 1 fully saturated rings. The van der Waals surface area contributed by atoms with Crippen molar-refractivity contribution in [2.75, 3.05) is 13.2 Å². The Balaban J connectivity index is 2.88. The van der Waals surface area contributed by atoms with Crippen molar-refractivity contribution in [3.63, 3.8) is 0 Å². The van der Waals surface area contributed by atoms with Gasteiger partial charge in [-0.1, -0.05) is 20.8 Å². The summed E-state index contributed by atoms with van der Waals surface area (Å²) in [6, 6.07) is 0.105. The van der Waals surface area contributed by atoms with Gasteiger partial charge in [0.1, 0.15) is 5.92 Å². The number of carboxylic acids is 1. The molecule has 1 rings (SSSR count). The maximum Gasteiger partial charge on any atom is 0.316 e. The fraction of sp³-hybridized carbons (Fsp3) is 0.846. The van der Waals surface area contributed by atoms with Gasteiger partial charge in [-0.15, -0.1) is 0 Å². The molecule has 5 heteroatoms. The largest absolute Gasteiger partial charge is 0.481 e. The van der Waals surface area contributed by atoms with Crippen molar-refractivity contribution in [2.24, 2.45) is 11.3 Å². The number of aliphatic carboxylic acids is 1. The van der Waals surface area contributed by atoms with Crippen LogP contribution in [0.15, 0.2) is 0 Å². The van der Waals surface area contributed by atoms with Crippen LogP contribution in [0.5, 0.6) is 0 Å². The first-order valence-corrected chi connectivity index (χ1v) is 6.43. The van der Waals surface area contributed by atoms with Gasteiger partial charge in [0.2, 0.25) is 5.91 Å². The molecule has 18 heavy (non-hydrogen) atoms. The lowest BCUT2D eigenvalue weighted by molar-refractivity contribution is -0.158. The zero-order chi connectivity index (χ0) is 13.9. The van der Waals surface area contributed by atoms with Gasteiger partial charge in [0, 0.05) is 12.6 Å². The maximum atomic E-state index is 12.4. The quantitative estimate of drug-likeness (QED) is 0.723.